The van der Waals surface area contributed by atoms with Crippen molar-refractivity contribution in [3.05, 3.63) is 59.9 Å². The fraction of sp³-hybridized carbons (Fsp3) is 0.0625. The van der Waals surface area contributed by atoms with Gasteiger partial charge in [0.15, 0.2) is 0 Å². The standard InChI is InChI=1S/C16H10FN3O/c17-13-6-3-5-12(10-13)15-19-16(21-20-15)14-7-2-1-4-11(14)8-9-18/h1-7,10H,8H2. The molecule has 3 rings (SSSR count). The van der Waals surface area contributed by atoms with Crippen molar-refractivity contribution in [2.24, 2.45) is 0 Å². The van der Waals surface area contributed by atoms with Crippen LogP contribution in [0.25, 0.3) is 22.8 Å². The molecule has 0 bridgehead atoms. The zero-order chi connectivity index (χ0) is 14.7. The topological polar surface area (TPSA) is 62.7 Å². The smallest absolute Gasteiger partial charge is 0.258 e. The van der Waals surface area contributed by atoms with E-state index in [-0.39, 0.29) is 12.2 Å². The van der Waals surface area contributed by atoms with Gasteiger partial charge in [0.2, 0.25) is 5.82 Å². The fourth-order valence-electron chi connectivity index (χ4n) is 2.05. The summed E-state index contributed by atoms with van der Waals surface area (Å²) < 4.78 is 18.5. The van der Waals surface area contributed by atoms with E-state index in [4.69, 9.17) is 9.78 Å². The molecule has 4 nitrogen and oxygen atoms in total. The van der Waals surface area contributed by atoms with Gasteiger partial charge in [-0.15, -0.1) is 0 Å². The lowest BCUT2D eigenvalue weighted by molar-refractivity contribution is 0.432. The maximum absolute atomic E-state index is 13.2. The van der Waals surface area contributed by atoms with Crippen LogP contribution in [0.3, 0.4) is 0 Å². The van der Waals surface area contributed by atoms with E-state index in [1.54, 1.807) is 12.1 Å². The summed E-state index contributed by atoms with van der Waals surface area (Å²) in [5, 5.41) is 12.7. The molecule has 0 saturated heterocycles. The molecule has 1 heterocycles. The van der Waals surface area contributed by atoms with Crippen LogP contribution < -0.4 is 0 Å². The Labute approximate surface area is 120 Å². The minimum absolute atomic E-state index is 0.258. The molecule has 3 aromatic rings. The van der Waals surface area contributed by atoms with Gasteiger partial charge in [0.05, 0.1) is 12.5 Å². The zero-order valence-electron chi connectivity index (χ0n) is 11.0. The van der Waals surface area contributed by atoms with Gasteiger partial charge < -0.3 is 4.52 Å². The van der Waals surface area contributed by atoms with Crippen LogP contribution in [0.2, 0.25) is 0 Å². The molecule has 21 heavy (non-hydrogen) atoms. The molecule has 0 aliphatic carbocycles. The van der Waals surface area contributed by atoms with E-state index >= 15 is 0 Å². The summed E-state index contributed by atoms with van der Waals surface area (Å²) in [5.41, 5.74) is 2.08. The number of nitrogens with zero attached hydrogens (tertiary/aromatic N) is 3. The molecule has 0 fully saturated rings. The van der Waals surface area contributed by atoms with Gasteiger partial charge in [-0.2, -0.15) is 10.2 Å². The first-order chi connectivity index (χ1) is 10.3. The van der Waals surface area contributed by atoms with Crippen molar-refractivity contribution in [3.8, 4) is 28.9 Å². The summed E-state index contributed by atoms with van der Waals surface area (Å²) in [6, 6.07) is 15.4. The van der Waals surface area contributed by atoms with E-state index < -0.39 is 0 Å². The summed E-state index contributed by atoms with van der Waals surface area (Å²) in [6.45, 7) is 0. The van der Waals surface area contributed by atoms with Gasteiger partial charge in [-0.05, 0) is 23.8 Å². The number of rotatable bonds is 3. The minimum atomic E-state index is -0.358. The maximum atomic E-state index is 13.2. The third-order valence-corrected chi connectivity index (χ3v) is 3.03. The minimum Gasteiger partial charge on any atom is -0.334 e. The lowest BCUT2D eigenvalue weighted by Gasteiger charge is -2.00. The lowest BCUT2D eigenvalue weighted by Crippen LogP contribution is -1.88. The quantitative estimate of drug-likeness (QED) is 0.734. The molecule has 102 valence electrons. The van der Waals surface area contributed by atoms with Gasteiger partial charge in [0.1, 0.15) is 5.82 Å². The van der Waals surface area contributed by atoms with Gasteiger partial charge in [-0.3, -0.25) is 0 Å². The van der Waals surface area contributed by atoms with Crippen molar-refractivity contribution in [1.82, 2.24) is 10.1 Å². The number of nitriles is 1. The second kappa shape index (κ2) is 5.55. The average Bonchev–Trinajstić information content (AvgIpc) is 2.98. The summed E-state index contributed by atoms with van der Waals surface area (Å²) >= 11 is 0. The Bertz CT molecular complexity index is 820. The average molecular weight is 279 g/mol. The zero-order valence-corrected chi connectivity index (χ0v) is 11.0. The van der Waals surface area contributed by atoms with Gasteiger partial charge in [0, 0.05) is 11.1 Å². The highest BCUT2D eigenvalue weighted by Crippen LogP contribution is 2.25. The van der Waals surface area contributed by atoms with Crippen LogP contribution in [0.15, 0.2) is 53.1 Å². The summed E-state index contributed by atoms with van der Waals surface area (Å²) in [5.74, 6) is 0.278. The highest BCUT2D eigenvalue weighted by molar-refractivity contribution is 5.62. The highest BCUT2D eigenvalue weighted by atomic mass is 19.1. The van der Waals surface area contributed by atoms with Crippen molar-refractivity contribution in [1.29, 1.82) is 5.26 Å². The van der Waals surface area contributed by atoms with E-state index in [0.717, 1.165) is 5.56 Å². The van der Waals surface area contributed by atoms with Crippen molar-refractivity contribution < 1.29 is 8.91 Å². The number of aromatic nitrogens is 2. The van der Waals surface area contributed by atoms with Crippen LogP contribution in [0.5, 0.6) is 0 Å². The van der Waals surface area contributed by atoms with Crippen molar-refractivity contribution in [2.45, 2.75) is 6.42 Å². The highest BCUT2D eigenvalue weighted by Gasteiger charge is 2.13. The van der Waals surface area contributed by atoms with Crippen molar-refractivity contribution in [2.75, 3.05) is 0 Å². The molecule has 2 aromatic carbocycles. The first-order valence-corrected chi connectivity index (χ1v) is 6.33. The Kier molecular flexibility index (Phi) is 3.44. The van der Waals surface area contributed by atoms with E-state index in [2.05, 4.69) is 16.2 Å². The first-order valence-electron chi connectivity index (χ1n) is 6.33. The van der Waals surface area contributed by atoms with E-state index in [9.17, 15) is 4.39 Å². The van der Waals surface area contributed by atoms with Crippen LogP contribution in [-0.4, -0.2) is 10.1 Å². The Morgan fingerprint density at radius 1 is 1.14 bits per heavy atom. The van der Waals surface area contributed by atoms with Gasteiger partial charge in [-0.1, -0.05) is 35.5 Å². The van der Waals surface area contributed by atoms with Crippen LogP contribution in [-0.2, 0) is 6.42 Å². The predicted molar refractivity (Wildman–Crippen MR) is 74.4 cm³/mol. The van der Waals surface area contributed by atoms with E-state index in [0.29, 0.717) is 22.8 Å². The van der Waals surface area contributed by atoms with Crippen LogP contribution >= 0.6 is 0 Å². The summed E-state index contributed by atoms with van der Waals surface area (Å²) in [7, 11) is 0. The molecule has 5 heteroatoms. The lowest BCUT2D eigenvalue weighted by atomic mass is 10.1. The number of hydrogen-bond donors (Lipinski definition) is 0. The Morgan fingerprint density at radius 3 is 2.81 bits per heavy atom. The Hall–Kier alpha value is -3.00. The van der Waals surface area contributed by atoms with Crippen molar-refractivity contribution in [3.63, 3.8) is 0 Å². The summed E-state index contributed by atoms with van der Waals surface area (Å²) in [4.78, 5) is 4.28. The van der Waals surface area contributed by atoms with Crippen LogP contribution in [0.4, 0.5) is 4.39 Å². The van der Waals surface area contributed by atoms with Crippen molar-refractivity contribution >= 4 is 0 Å². The second-order valence-electron chi connectivity index (χ2n) is 4.43. The monoisotopic (exact) mass is 279 g/mol. The molecular formula is C16H10FN3O. The molecule has 1 aromatic heterocycles. The molecule has 0 spiro atoms. The third-order valence-electron chi connectivity index (χ3n) is 3.03. The van der Waals surface area contributed by atoms with Gasteiger partial charge >= 0.3 is 0 Å². The van der Waals surface area contributed by atoms with E-state index in [1.165, 1.54) is 12.1 Å². The van der Waals surface area contributed by atoms with E-state index in [1.807, 2.05) is 24.3 Å². The molecule has 0 saturated carbocycles. The van der Waals surface area contributed by atoms with Crippen LogP contribution in [0.1, 0.15) is 5.56 Å². The van der Waals surface area contributed by atoms with Gasteiger partial charge in [-0.25, -0.2) is 4.39 Å². The Morgan fingerprint density at radius 2 is 2.00 bits per heavy atom. The van der Waals surface area contributed by atoms with Gasteiger partial charge in [0.25, 0.3) is 5.89 Å². The normalized spacial score (nSPS) is 10.3. The molecule has 0 aliphatic rings. The maximum Gasteiger partial charge on any atom is 0.258 e. The second-order valence-corrected chi connectivity index (χ2v) is 4.43. The molecular weight excluding hydrogens is 269 g/mol. The molecule has 0 radical (unpaired) electrons. The first kappa shape index (κ1) is 13.0. The molecule has 0 unspecified atom stereocenters. The third kappa shape index (κ3) is 2.65. The molecule has 0 amide bonds. The SMILES string of the molecule is N#CCc1ccccc1-c1nc(-c2cccc(F)c2)no1. The number of benzene rings is 2. The molecule has 0 aliphatic heterocycles. The number of halogens is 1. The largest absolute Gasteiger partial charge is 0.334 e. The predicted octanol–water partition coefficient (Wildman–Crippen LogP) is 3.61. The molecule has 0 atom stereocenters. The number of hydrogen-bond acceptors (Lipinski definition) is 4. The fourth-order valence-corrected chi connectivity index (χ4v) is 2.05. The Balaban J connectivity index is 2.01. The summed E-state index contributed by atoms with van der Waals surface area (Å²) in [6.07, 6.45) is 0.258. The van der Waals surface area contributed by atoms with Crippen LogP contribution in [0, 0.1) is 17.1 Å². The molecule has 0 N–H and O–H groups in total.